The quantitative estimate of drug-likeness (QED) is 0.273. The molecule has 0 unspecified atom stereocenters. The topological polar surface area (TPSA) is 87.9 Å². The van der Waals surface area contributed by atoms with Crippen LogP contribution in [0.2, 0.25) is 0 Å². The van der Waals surface area contributed by atoms with Crippen molar-refractivity contribution in [3.05, 3.63) is 10.1 Å². The van der Waals surface area contributed by atoms with Crippen LogP contribution in [0.25, 0.3) is 0 Å². The molecule has 0 aromatic rings. The number of methoxy groups -OCH3 is 3. The highest BCUT2D eigenvalue weighted by Crippen LogP contribution is 2.17. The first-order valence-corrected chi connectivity index (χ1v) is 4.26. The highest BCUT2D eigenvalue weighted by atomic mass is 16.7. The number of carbonyl (C=O) groups is 1. The van der Waals surface area contributed by atoms with E-state index in [-0.39, 0.29) is 0 Å². The maximum absolute atomic E-state index is 11.3. The predicted octanol–water partition coefficient (Wildman–Crippen LogP) is 0.0597. The summed E-state index contributed by atoms with van der Waals surface area (Å²) in [5.41, 5.74) is 0. The molecule has 0 bridgehead atoms. The Labute approximate surface area is 87.4 Å². The minimum Gasteiger partial charge on any atom is -0.468 e. The first kappa shape index (κ1) is 13.8. The van der Waals surface area contributed by atoms with Gasteiger partial charge in [-0.05, 0) is 0 Å². The Bertz CT molecular complexity index is 227. The summed E-state index contributed by atoms with van der Waals surface area (Å²) in [5, 5.41) is 10.6. The SMILES string of the molecule is COC(=O)[C@H](C(OC)OC)[C@H](C)[N+](=O)[O-]. The number of ether oxygens (including phenoxy) is 3. The maximum atomic E-state index is 11.3. The molecule has 15 heavy (non-hydrogen) atoms. The third-order valence-corrected chi connectivity index (χ3v) is 2.08. The van der Waals surface area contributed by atoms with Crippen molar-refractivity contribution in [3.63, 3.8) is 0 Å². The van der Waals surface area contributed by atoms with E-state index in [1.54, 1.807) is 0 Å². The largest absolute Gasteiger partial charge is 0.468 e. The summed E-state index contributed by atoms with van der Waals surface area (Å²) >= 11 is 0. The van der Waals surface area contributed by atoms with Crippen LogP contribution in [0, 0.1) is 16.0 Å². The van der Waals surface area contributed by atoms with Crippen molar-refractivity contribution in [1.29, 1.82) is 0 Å². The third kappa shape index (κ3) is 3.45. The standard InChI is InChI=1S/C8H15NO6/c1-5(9(11)12)6(7(10)13-2)8(14-3)15-4/h5-6,8H,1-4H3/t5-,6+/m0/s1. The zero-order valence-electron chi connectivity index (χ0n) is 9.13. The van der Waals surface area contributed by atoms with Crippen LogP contribution in [0.3, 0.4) is 0 Å². The van der Waals surface area contributed by atoms with Gasteiger partial charge in [0.15, 0.2) is 12.2 Å². The number of hydrogen-bond acceptors (Lipinski definition) is 6. The van der Waals surface area contributed by atoms with Crippen LogP contribution in [-0.4, -0.2) is 44.6 Å². The summed E-state index contributed by atoms with van der Waals surface area (Å²) in [6.45, 7) is 1.30. The van der Waals surface area contributed by atoms with Crippen molar-refractivity contribution in [2.75, 3.05) is 21.3 Å². The molecule has 0 radical (unpaired) electrons. The van der Waals surface area contributed by atoms with Crippen LogP contribution in [0.1, 0.15) is 6.92 Å². The lowest BCUT2D eigenvalue weighted by Gasteiger charge is -2.22. The molecule has 0 spiro atoms. The van der Waals surface area contributed by atoms with E-state index in [9.17, 15) is 14.9 Å². The van der Waals surface area contributed by atoms with E-state index in [1.165, 1.54) is 21.1 Å². The second-order valence-corrected chi connectivity index (χ2v) is 2.91. The van der Waals surface area contributed by atoms with Gasteiger partial charge in [-0.2, -0.15) is 0 Å². The summed E-state index contributed by atoms with van der Waals surface area (Å²) in [6.07, 6.45) is -0.988. The number of nitro groups is 1. The molecule has 0 aliphatic heterocycles. The molecule has 0 N–H and O–H groups in total. The Morgan fingerprint density at radius 3 is 2.00 bits per heavy atom. The molecule has 2 atom stereocenters. The fourth-order valence-electron chi connectivity index (χ4n) is 1.19. The average Bonchev–Trinajstić information content (AvgIpc) is 2.23. The Morgan fingerprint density at radius 1 is 1.27 bits per heavy atom. The van der Waals surface area contributed by atoms with Crippen LogP contribution >= 0.6 is 0 Å². The summed E-state index contributed by atoms with van der Waals surface area (Å²) < 4.78 is 14.1. The fourth-order valence-corrected chi connectivity index (χ4v) is 1.19. The molecule has 7 heteroatoms. The average molecular weight is 221 g/mol. The molecule has 7 nitrogen and oxygen atoms in total. The van der Waals surface area contributed by atoms with Crippen LogP contribution in [0.5, 0.6) is 0 Å². The fraction of sp³-hybridized carbons (Fsp3) is 0.875. The van der Waals surface area contributed by atoms with Gasteiger partial charge in [0.2, 0.25) is 6.04 Å². The Morgan fingerprint density at radius 2 is 1.73 bits per heavy atom. The highest BCUT2D eigenvalue weighted by molar-refractivity contribution is 5.73. The van der Waals surface area contributed by atoms with Crippen molar-refractivity contribution < 1.29 is 23.9 Å². The Hall–Kier alpha value is -1.21. The number of nitrogens with zero attached hydrogens (tertiary/aromatic N) is 1. The molecule has 0 heterocycles. The van der Waals surface area contributed by atoms with Crippen LogP contribution in [0.4, 0.5) is 0 Å². The smallest absolute Gasteiger partial charge is 0.320 e. The molecule has 0 rings (SSSR count). The zero-order valence-corrected chi connectivity index (χ0v) is 9.13. The summed E-state index contributed by atoms with van der Waals surface area (Å²) in [4.78, 5) is 21.3. The second-order valence-electron chi connectivity index (χ2n) is 2.91. The van der Waals surface area contributed by atoms with E-state index in [1.807, 2.05) is 0 Å². The predicted molar refractivity (Wildman–Crippen MR) is 49.8 cm³/mol. The highest BCUT2D eigenvalue weighted by Gasteiger charge is 2.41. The lowest BCUT2D eigenvalue weighted by atomic mass is 10.0. The monoisotopic (exact) mass is 221 g/mol. The molecule has 0 fully saturated rings. The molecular formula is C8H15NO6. The van der Waals surface area contributed by atoms with E-state index < -0.39 is 29.1 Å². The van der Waals surface area contributed by atoms with E-state index >= 15 is 0 Å². The van der Waals surface area contributed by atoms with E-state index in [4.69, 9.17) is 9.47 Å². The van der Waals surface area contributed by atoms with Crippen LogP contribution in [0.15, 0.2) is 0 Å². The zero-order chi connectivity index (χ0) is 12.0. The third-order valence-electron chi connectivity index (χ3n) is 2.08. The van der Waals surface area contributed by atoms with Gasteiger partial charge in [0.05, 0.1) is 7.11 Å². The molecule has 0 amide bonds. The minimum absolute atomic E-state index is 0.577. The van der Waals surface area contributed by atoms with Crippen molar-refractivity contribution in [3.8, 4) is 0 Å². The Balaban J connectivity index is 4.86. The van der Waals surface area contributed by atoms with Crippen molar-refractivity contribution >= 4 is 5.97 Å². The first-order valence-electron chi connectivity index (χ1n) is 4.26. The lowest BCUT2D eigenvalue weighted by Crippen LogP contribution is -2.43. The van der Waals surface area contributed by atoms with E-state index in [2.05, 4.69) is 4.74 Å². The molecule has 0 aromatic heterocycles. The number of esters is 1. The van der Waals surface area contributed by atoms with Gasteiger partial charge in [0.25, 0.3) is 0 Å². The van der Waals surface area contributed by atoms with E-state index in [0.29, 0.717) is 0 Å². The van der Waals surface area contributed by atoms with Gasteiger partial charge in [-0.15, -0.1) is 0 Å². The molecule has 0 saturated heterocycles. The molecule has 0 aromatic carbocycles. The van der Waals surface area contributed by atoms with Crippen molar-refractivity contribution in [2.45, 2.75) is 19.3 Å². The van der Waals surface area contributed by atoms with E-state index in [0.717, 1.165) is 7.11 Å². The van der Waals surface area contributed by atoms with Gasteiger partial charge in [-0.1, -0.05) is 0 Å². The number of carbonyl (C=O) groups excluding carboxylic acids is 1. The molecule has 0 saturated carbocycles. The first-order chi connectivity index (χ1) is 6.99. The second kappa shape index (κ2) is 6.31. The van der Waals surface area contributed by atoms with Crippen molar-refractivity contribution in [2.24, 2.45) is 5.92 Å². The normalized spacial score (nSPS) is 14.7. The number of hydrogen-bond donors (Lipinski definition) is 0. The van der Waals surface area contributed by atoms with Gasteiger partial charge in [-0.3, -0.25) is 14.9 Å². The van der Waals surface area contributed by atoms with Gasteiger partial charge in [0.1, 0.15) is 0 Å². The minimum atomic E-state index is -1.14. The molecule has 88 valence electrons. The molecule has 0 aliphatic carbocycles. The number of rotatable bonds is 6. The van der Waals surface area contributed by atoms with Gasteiger partial charge >= 0.3 is 5.97 Å². The van der Waals surface area contributed by atoms with Crippen molar-refractivity contribution in [1.82, 2.24) is 0 Å². The van der Waals surface area contributed by atoms with Gasteiger partial charge in [-0.25, -0.2) is 0 Å². The van der Waals surface area contributed by atoms with Crippen LogP contribution in [-0.2, 0) is 19.0 Å². The summed E-state index contributed by atoms with van der Waals surface area (Å²) in [7, 11) is 3.76. The van der Waals surface area contributed by atoms with Gasteiger partial charge in [0, 0.05) is 26.1 Å². The lowest BCUT2D eigenvalue weighted by molar-refractivity contribution is -0.530. The summed E-state index contributed by atoms with van der Waals surface area (Å²) in [6, 6.07) is -1.14. The Kier molecular flexibility index (Phi) is 5.80. The maximum Gasteiger partial charge on any atom is 0.320 e. The summed E-state index contributed by atoms with van der Waals surface area (Å²) in [5.74, 6) is -1.81. The molecular weight excluding hydrogens is 206 g/mol. The molecule has 0 aliphatic rings. The van der Waals surface area contributed by atoms with Crippen LogP contribution < -0.4 is 0 Å². The van der Waals surface area contributed by atoms with Gasteiger partial charge < -0.3 is 14.2 Å².